The van der Waals surface area contributed by atoms with E-state index in [0.717, 1.165) is 52.7 Å². The Kier molecular flexibility index (Phi) is 8.87. The number of aromatic nitrogens is 4. The molecule has 6 heterocycles. The van der Waals surface area contributed by atoms with Gasteiger partial charge >= 0.3 is 0 Å². The third kappa shape index (κ3) is 6.21. The molecule has 0 spiro atoms. The number of pyridine rings is 2. The molecule has 54 heavy (non-hydrogen) atoms. The Hall–Kier alpha value is -6.81. The molecule has 270 valence electrons. The monoisotopic (exact) mass is 721 g/mol. The van der Waals surface area contributed by atoms with Gasteiger partial charge in [-0.05, 0) is 68.7 Å². The van der Waals surface area contributed by atoms with Gasteiger partial charge in [0.25, 0.3) is 11.5 Å². The summed E-state index contributed by atoms with van der Waals surface area (Å²) in [6.07, 6.45) is 7.26. The molecular formula is C41H35N7O6. The minimum absolute atomic E-state index is 0.0164. The van der Waals surface area contributed by atoms with Crippen LogP contribution in [0.2, 0.25) is 0 Å². The first-order valence-electron chi connectivity index (χ1n) is 17.6. The number of anilines is 2. The van der Waals surface area contributed by atoms with Crippen LogP contribution in [0.3, 0.4) is 0 Å². The van der Waals surface area contributed by atoms with E-state index in [-0.39, 0.29) is 41.8 Å². The molecule has 13 heteroatoms. The van der Waals surface area contributed by atoms with Crippen LogP contribution in [-0.4, -0.2) is 57.4 Å². The highest BCUT2D eigenvalue weighted by atomic mass is 16.5. The van der Waals surface area contributed by atoms with E-state index in [4.69, 9.17) is 19.1 Å². The lowest BCUT2D eigenvalue weighted by Gasteiger charge is -2.31. The fourth-order valence-corrected chi connectivity index (χ4v) is 7.24. The second-order valence-electron chi connectivity index (χ2n) is 13.3. The molecule has 13 nitrogen and oxygen atoms in total. The van der Waals surface area contributed by atoms with E-state index >= 15 is 0 Å². The second-order valence-corrected chi connectivity index (χ2v) is 13.3. The quantitative estimate of drug-likeness (QED) is 0.180. The van der Waals surface area contributed by atoms with Gasteiger partial charge in [0.15, 0.2) is 17.3 Å². The van der Waals surface area contributed by atoms with Crippen molar-refractivity contribution in [1.29, 1.82) is 0 Å². The molecule has 2 aliphatic rings. The lowest BCUT2D eigenvalue weighted by Crippen LogP contribution is -2.39. The molecule has 4 aromatic heterocycles. The molecule has 3 amide bonds. The molecule has 0 radical (unpaired) electrons. The number of piperidine rings is 1. The number of carbonyl (C=O) groups is 3. The first kappa shape index (κ1) is 34.3. The molecule has 8 rings (SSSR count). The lowest BCUT2D eigenvalue weighted by molar-refractivity contribution is -0.134. The molecule has 1 fully saturated rings. The van der Waals surface area contributed by atoms with Crippen LogP contribution in [0.1, 0.15) is 58.1 Å². The van der Waals surface area contributed by atoms with Crippen LogP contribution in [-0.2, 0) is 23.1 Å². The average molecular weight is 722 g/mol. The molecule has 6 aromatic rings. The number of rotatable bonds is 6. The molecule has 1 atom stereocenters. The summed E-state index contributed by atoms with van der Waals surface area (Å²) in [6.45, 7) is 2.66. The van der Waals surface area contributed by atoms with Gasteiger partial charge in [-0.25, -0.2) is 15.0 Å². The van der Waals surface area contributed by atoms with Gasteiger partial charge in [0, 0.05) is 59.2 Å². The number of ether oxygens (including phenoxy) is 1. The van der Waals surface area contributed by atoms with Crippen molar-refractivity contribution in [1.82, 2.24) is 30.2 Å². The van der Waals surface area contributed by atoms with E-state index in [1.807, 2.05) is 37.4 Å². The summed E-state index contributed by atoms with van der Waals surface area (Å²) >= 11 is 0. The number of fused-ring (bicyclic) bond motifs is 3. The van der Waals surface area contributed by atoms with Gasteiger partial charge in [-0.3, -0.25) is 24.5 Å². The Morgan fingerprint density at radius 1 is 1.06 bits per heavy atom. The van der Waals surface area contributed by atoms with Crippen LogP contribution in [0.15, 0.2) is 76.4 Å². The van der Waals surface area contributed by atoms with E-state index in [9.17, 15) is 19.2 Å². The predicted octanol–water partition coefficient (Wildman–Crippen LogP) is 4.84. The summed E-state index contributed by atoms with van der Waals surface area (Å²) < 4.78 is 12.9. The Labute approximate surface area is 309 Å². The standard InChI is InChI=1S/C41H35N7O6/c1-23-17-28-31(47(2)41(23)52)9-4-10-32(28)48-16-6-8-30-33(48)21-44-38(45-30)25-19-35(53-3)37(43-20-25)40(51)42-15-5-7-24-11-13-34-27(18-24)29(22-54-34)26-12-14-36(49)46-39(26)50/h4,9-11,13,17-22,26H,6,8,12,14-16H2,1-3H3,(H,42,51)(H,46,49,50). The highest BCUT2D eigenvalue weighted by Crippen LogP contribution is 2.37. The van der Waals surface area contributed by atoms with E-state index in [0.29, 0.717) is 40.1 Å². The number of carbonyl (C=O) groups excluding carboxylic acids is 3. The smallest absolute Gasteiger partial charge is 0.274 e. The maximum Gasteiger partial charge on any atom is 0.274 e. The maximum atomic E-state index is 13.2. The highest BCUT2D eigenvalue weighted by molar-refractivity contribution is 6.03. The fraction of sp³-hybridized carbons (Fsp3) is 0.244. The van der Waals surface area contributed by atoms with Crippen molar-refractivity contribution in [2.75, 3.05) is 25.1 Å². The molecule has 2 aliphatic heterocycles. The van der Waals surface area contributed by atoms with Gasteiger partial charge in [-0.2, -0.15) is 0 Å². The maximum absolute atomic E-state index is 13.2. The number of amides is 3. The van der Waals surface area contributed by atoms with Gasteiger partial charge in [0.05, 0.1) is 54.6 Å². The number of imide groups is 1. The SMILES string of the molecule is COc1cc(-c2ncc3c(n2)CCCN3c2cccc3c2cc(C)c(=O)n3C)cnc1C(=O)NCC#Cc1ccc2occ(C3CCC(=O)NC3=O)c2c1. The zero-order valence-electron chi connectivity index (χ0n) is 29.9. The Morgan fingerprint density at radius 2 is 1.93 bits per heavy atom. The van der Waals surface area contributed by atoms with E-state index in [2.05, 4.69) is 38.4 Å². The van der Waals surface area contributed by atoms with Crippen LogP contribution >= 0.6 is 0 Å². The number of methoxy groups -OCH3 is 1. The van der Waals surface area contributed by atoms with Gasteiger partial charge in [-0.1, -0.05) is 17.9 Å². The summed E-state index contributed by atoms with van der Waals surface area (Å²) in [7, 11) is 3.26. The Balaban J connectivity index is 0.978. The van der Waals surface area contributed by atoms with E-state index in [1.54, 1.807) is 42.3 Å². The minimum atomic E-state index is -0.478. The van der Waals surface area contributed by atoms with Crippen molar-refractivity contribution in [3.8, 4) is 29.0 Å². The average Bonchev–Trinajstić information content (AvgIpc) is 3.60. The molecule has 1 unspecified atom stereocenters. The van der Waals surface area contributed by atoms with Gasteiger partial charge in [0.2, 0.25) is 11.8 Å². The molecule has 2 aromatic carbocycles. The van der Waals surface area contributed by atoms with Crippen molar-refractivity contribution in [2.45, 2.75) is 38.5 Å². The van der Waals surface area contributed by atoms with E-state index in [1.165, 1.54) is 7.11 Å². The summed E-state index contributed by atoms with van der Waals surface area (Å²) in [5.74, 6) is 5.20. The third-order valence-corrected chi connectivity index (χ3v) is 9.98. The summed E-state index contributed by atoms with van der Waals surface area (Å²) in [5.41, 5.74) is 7.01. The molecule has 0 saturated carbocycles. The first-order chi connectivity index (χ1) is 26.2. The summed E-state index contributed by atoms with van der Waals surface area (Å²) in [6, 6.07) is 15.0. The number of hydrogen-bond donors (Lipinski definition) is 2. The molecule has 2 N–H and O–H groups in total. The van der Waals surface area contributed by atoms with Gasteiger partial charge in [-0.15, -0.1) is 0 Å². The van der Waals surface area contributed by atoms with Crippen LogP contribution in [0.25, 0.3) is 33.3 Å². The van der Waals surface area contributed by atoms with Crippen molar-refractivity contribution in [3.05, 3.63) is 106 Å². The lowest BCUT2D eigenvalue weighted by atomic mass is 9.90. The first-order valence-corrected chi connectivity index (χ1v) is 17.6. The van der Waals surface area contributed by atoms with Crippen molar-refractivity contribution < 1.29 is 23.5 Å². The zero-order valence-corrected chi connectivity index (χ0v) is 29.9. The minimum Gasteiger partial charge on any atom is -0.494 e. The van der Waals surface area contributed by atoms with Crippen molar-refractivity contribution in [2.24, 2.45) is 7.05 Å². The largest absolute Gasteiger partial charge is 0.494 e. The third-order valence-electron chi connectivity index (χ3n) is 9.98. The molecule has 1 saturated heterocycles. The predicted molar refractivity (Wildman–Crippen MR) is 202 cm³/mol. The number of aryl methyl sites for hydroxylation is 3. The van der Waals surface area contributed by atoms with Gasteiger partial charge in [0.1, 0.15) is 5.58 Å². The van der Waals surface area contributed by atoms with Crippen LogP contribution in [0, 0.1) is 18.8 Å². The topological polar surface area (TPSA) is 162 Å². The molecular weight excluding hydrogens is 686 g/mol. The molecule has 0 aliphatic carbocycles. The Bertz CT molecular complexity index is 2650. The number of hydrogen-bond acceptors (Lipinski definition) is 10. The molecule has 0 bridgehead atoms. The fourth-order valence-electron chi connectivity index (χ4n) is 7.24. The van der Waals surface area contributed by atoms with Crippen LogP contribution in [0.4, 0.5) is 11.4 Å². The normalized spacial score (nSPS) is 15.4. The summed E-state index contributed by atoms with van der Waals surface area (Å²) in [5, 5.41) is 6.91. The Morgan fingerprint density at radius 3 is 2.76 bits per heavy atom. The summed E-state index contributed by atoms with van der Waals surface area (Å²) in [4.78, 5) is 66.1. The number of nitrogens with zero attached hydrogens (tertiary/aromatic N) is 5. The van der Waals surface area contributed by atoms with Gasteiger partial charge < -0.3 is 23.9 Å². The van der Waals surface area contributed by atoms with Crippen LogP contribution < -0.4 is 25.8 Å². The zero-order chi connectivity index (χ0) is 37.5. The second kappa shape index (κ2) is 14.0. The van der Waals surface area contributed by atoms with Crippen LogP contribution in [0.5, 0.6) is 5.75 Å². The van der Waals surface area contributed by atoms with E-state index < -0.39 is 11.8 Å². The number of benzene rings is 2. The highest BCUT2D eigenvalue weighted by Gasteiger charge is 2.30. The van der Waals surface area contributed by atoms with Crippen molar-refractivity contribution >= 4 is 51.0 Å². The number of furan rings is 1. The number of nitrogens with one attached hydrogen (secondary N) is 2. The van der Waals surface area contributed by atoms with Crippen molar-refractivity contribution in [3.63, 3.8) is 0 Å².